The molecule has 4 rings (SSSR count). The number of nitro benzene ring substituents is 3. The Balaban J connectivity index is 2.19. The van der Waals surface area contributed by atoms with Crippen LogP contribution < -0.4 is 0 Å². The zero-order chi connectivity index (χ0) is 23.2. The molecular weight excluding hydrogens is 424 g/mol. The van der Waals surface area contributed by atoms with E-state index in [1.807, 2.05) is 0 Å². The third-order valence-electron chi connectivity index (χ3n) is 4.88. The zero-order valence-electron chi connectivity index (χ0n) is 15.8. The van der Waals surface area contributed by atoms with E-state index in [2.05, 4.69) is 4.98 Å². The van der Waals surface area contributed by atoms with E-state index in [9.17, 15) is 40.2 Å². The van der Waals surface area contributed by atoms with Crippen LogP contribution >= 0.6 is 0 Å². The molecular formula is C20H10N4O8. The molecule has 3 aromatic rings. The Morgan fingerprint density at radius 3 is 2.03 bits per heavy atom. The Hall–Kier alpha value is -5.00. The number of hydrogen-bond donors (Lipinski definition) is 1. The second-order valence-corrected chi connectivity index (χ2v) is 6.69. The summed E-state index contributed by atoms with van der Waals surface area (Å²) in [6.07, 6.45) is 2.91. The standard InChI is InChI=1S/C20H10N4O8/c25-20(26)16-8-11(22(27)28)6-14-13(5-10-3-1-2-4-21-10)15-7-12(23(29)30)9-17(24(31)32)19(15)18(14)16/h1-9H,(H,25,26)/b13-5+. The lowest BCUT2D eigenvalue weighted by atomic mass is 9.97. The van der Waals surface area contributed by atoms with Crippen LogP contribution in [0, 0.1) is 30.3 Å². The Kier molecular flexibility index (Phi) is 4.66. The zero-order valence-corrected chi connectivity index (χ0v) is 15.8. The maximum atomic E-state index is 11.9. The van der Waals surface area contributed by atoms with Crippen molar-refractivity contribution in [2.24, 2.45) is 0 Å². The van der Waals surface area contributed by atoms with Crippen molar-refractivity contribution in [3.8, 4) is 11.1 Å². The molecule has 0 saturated heterocycles. The molecule has 0 unspecified atom stereocenters. The minimum absolute atomic E-state index is 0.00884. The van der Waals surface area contributed by atoms with Crippen molar-refractivity contribution in [2.75, 3.05) is 0 Å². The van der Waals surface area contributed by atoms with Crippen LogP contribution in [0.3, 0.4) is 0 Å². The summed E-state index contributed by atoms with van der Waals surface area (Å²) in [4.78, 5) is 48.2. The molecule has 0 saturated carbocycles. The molecule has 0 aliphatic heterocycles. The number of nitro groups is 3. The highest BCUT2D eigenvalue weighted by Gasteiger charge is 2.38. The van der Waals surface area contributed by atoms with Crippen LogP contribution in [-0.4, -0.2) is 30.8 Å². The number of fused-ring (bicyclic) bond motifs is 3. The molecule has 1 N–H and O–H groups in total. The third-order valence-corrected chi connectivity index (χ3v) is 4.88. The van der Waals surface area contributed by atoms with Gasteiger partial charge in [0, 0.05) is 35.5 Å². The summed E-state index contributed by atoms with van der Waals surface area (Å²) >= 11 is 0. The minimum Gasteiger partial charge on any atom is -0.478 e. The lowest BCUT2D eigenvalue weighted by molar-refractivity contribution is -0.393. The Bertz CT molecular complexity index is 1300. The van der Waals surface area contributed by atoms with Gasteiger partial charge in [-0.3, -0.25) is 35.3 Å². The van der Waals surface area contributed by atoms with E-state index in [-0.39, 0.29) is 27.8 Å². The first-order valence-electron chi connectivity index (χ1n) is 8.85. The smallest absolute Gasteiger partial charge is 0.336 e. The summed E-state index contributed by atoms with van der Waals surface area (Å²) in [7, 11) is 0. The monoisotopic (exact) mass is 434 g/mol. The van der Waals surface area contributed by atoms with Crippen LogP contribution in [0.25, 0.3) is 22.8 Å². The number of non-ortho nitro benzene ring substituents is 2. The SMILES string of the molecule is O=C(O)c1cc([N+](=O)[O-])cc2c1-c1c(cc([N+](=O)[O-])cc1[N+](=O)[O-])/C2=C/c1ccccn1. The van der Waals surface area contributed by atoms with Crippen LogP contribution in [0.2, 0.25) is 0 Å². The van der Waals surface area contributed by atoms with Gasteiger partial charge < -0.3 is 5.11 Å². The first kappa shape index (κ1) is 20.3. The fourth-order valence-electron chi connectivity index (χ4n) is 3.63. The van der Waals surface area contributed by atoms with E-state index >= 15 is 0 Å². The van der Waals surface area contributed by atoms with Crippen LogP contribution in [0.15, 0.2) is 48.7 Å². The first-order chi connectivity index (χ1) is 15.2. The average Bonchev–Trinajstić information content (AvgIpc) is 3.06. The molecule has 0 atom stereocenters. The summed E-state index contributed by atoms with van der Waals surface area (Å²) in [6, 6.07) is 8.59. The van der Waals surface area contributed by atoms with Crippen LogP contribution in [0.1, 0.15) is 27.2 Å². The van der Waals surface area contributed by atoms with E-state index in [1.165, 1.54) is 12.3 Å². The molecule has 1 aromatic heterocycles. The quantitative estimate of drug-likeness (QED) is 0.357. The summed E-state index contributed by atoms with van der Waals surface area (Å²) in [5, 5.41) is 44.3. The molecule has 12 nitrogen and oxygen atoms in total. The molecule has 1 aliphatic carbocycles. The van der Waals surface area contributed by atoms with Crippen molar-refractivity contribution >= 4 is 34.7 Å². The topological polar surface area (TPSA) is 180 Å². The molecule has 158 valence electrons. The number of aromatic nitrogens is 1. The van der Waals surface area contributed by atoms with Crippen molar-refractivity contribution < 1.29 is 24.7 Å². The molecule has 0 spiro atoms. The summed E-state index contributed by atoms with van der Waals surface area (Å²) in [6.45, 7) is 0. The van der Waals surface area contributed by atoms with Crippen molar-refractivity contribution in [3.63, 3.8) is 0 Å². The number of rotatable bonds is 5. The van der Waals surface area contributed by atoms with Gasteiger partial charge in [0.2, 0.25) is 0 Å². The first-order valence-corrected chi connectivity index (χ1v) is 8.85. The number of hydrogen-bond acceptors (Lipinski definition) is 8. The van der Waals surface area contributed by atoms with Gasteiger partial charge in [-0.25, -0.2) is 4.79 Å². The molecule has 32 heavy (non-hydrogen) atoms. The van der Waals surface area contributed by atoms with Gasteiger partial charge in [0.15, 0.2) is 0 Å². The lowest BCUT2D eigenvalue weighted by Gasteiger charge is -2.06. The van der Waals surface area contributed by atoms with E-state index in [0.717, 1.165) is 24.3 Å². The van der Waals surface area contributed by atoms with Gasteiger partial charge in [-0.2, -0.15) is 0 Å². The Labute approximate surface area is 177 Å². The van der Waals surface area contributed by atoms with E-state index in [4.69, 9.17) is 0 Å². The largest absolute Gasteiger partial charge is 0.478 e. The number of pyridine rings is 1. The van der Waals surface area contributed by atoms with Gasteiger partial charge in [-0.1, -0.05) is 6.07 Å². The number of carbonyl (C=O) groups is 1. The number of aromatic carboxylic acids is 1. The predicted molar refractivity (Wildman–Crippen MR) is 110 cm³/mol. The fourth-order valence-corrected chi connectivity index (χ4v) is 3.63. The van der Waals surface area contributed by atoms with Gasteiger partial charge in [0.05, 0.1) is 37.7 Å². The molecule has 0 amide bonds. The van der Waals surface area contributed by atoms with E-state index in [1.54, 1.807) is 18.2 Å². The van der Waals surface area contributed by atoms with Crippen LogP contribution in [0.4, 0.5) is 17.1 Å². The van der Waals surface area contributed by atoms with Crippen molar-refractivity contribution in [2.45, 2.75) is 0 Å². The highest BCUT2D eigenvalue weighted by Crippen LogP contribution is 2.52. The fraction of sp³-hybridized carbons (Fsp3) is 0. The molecule has 1 aliphatic rings. The molecule has 0 bridgehead atoms. The number of benzene rings is 2. The molecule has 0 fully saturated rings. The lowest BCUT2D eigenvalue weighted by Crippen LogP contribution is -2.03. The highest BCUT2D eigenvalue weighted by molar-refractivity contribution is 6.14. The minimum atomic E-state index is -1.54. The van der Waals surface area contributed by atoms with Crippen LogP contribution in [0.5, 0.6) is 0 Å². The van der Waals surface area contributed by atoms with Gasteiger partial charge in [0.1, 0.15) is 0 Å². The van der Waals surface area contributed by atoms with Crippen molar-refractivity contribution in [1.82, 2.24) is 4.98 Å². The average molecular weight is 434 g/mol. The second kappa shape index (κ2) is 7.36. The third kappa shape index (κ3) is 3.21. The van der Waals surface area contributed by atoms with Crippen LogP contribution in [-0.2, 0) is 0 Å². The van der Waals surface area contributed by atoms with Gasteiger partial charge in [-0.05, 0) is 29.3 Å². The molecule has 0 radical (unpaired) electrons. The van der Waals surface area contributed by atoms with Gasteiger partial charge >= 0.3 is 5.97 Å². The van der Waals surface area contributed by atoms with Gasteiger partial charge in [0.25, 0.3) is 17.1 Å². The number of carboxylic acids is 1. The Morgan fingerprint density at radius 1 is 0.875 bits per heavy atom. The molecule has 1 heterocycles. The summed E-state index contributed by atoms with van der Waals surface area (Å²) in [5.41, 5.74) is -2.08. The molecule has 12 heteroatoms. The summed E-state index contributed by atoms with van der Waals surface area (Å²) in [5.74, 6) is -1.54. The normalized spacial score (nSPS) is 12.8. The number of nitrogens with zero attached hydrogens (tertiary/aromatic N) is 4. The Morgan fingerprint density at radius 2 is 1.50 bits per heavy atom. The maximum absolute atomic E-state index is 11.9. The van der Waals surface area contributed by atoms with E-state index < -0.39 is 43.4 Å². The van der Waals surface area contributed by atoms with Crippen molar-refractivity contribution in [3.05, 3.63) is 101 Å². The van der Waals surface area contributed by atoms with Gasteiger partial charge in [-0.15, -0.1) is 0 Å². The number of carboxylic acid groups (broad SMARTS) is 1. The van der Waals surface area contributed by atoms with Crippen molar-refractivity contribution in [1.29, 1.82) is 0 Å². The highest BCUT2D eigenvalue weighted by atomic mass is 16.6. The maximum Gasteiger partial charge on any atom is 0.336 e. The predicted octanol–water partition coefficient (Wildman–Crippen LogP) is 4.07. The molecule has 2 aromatic carbocycles. The second-order valence-electron chi connectivity index (χ2n) is 6.69. The van der Waals surface area contributed by atoms with E-state index in [0.29, 0.717) is 5.69 Å². The summed E-state index contributed by atoms with van der Waals surface area (Å²) < 4.78 is 0.